The Morgan fingerprint density at radius 2 is 2.30 bits per heavy atom. The van der Waals surface area contributed by atoms with E-state index in [1.54, 1.807) is 12.1 Å². The first kappa shape index (κ1) is 15.1. The molecule has 1 fully saturated rings. The van der Waals surface area contributed by atoms with Crippen LogP contribution in [-0.4, -0.2) is 33.8 Å². The molecule has 20 heavy (non-hydrogen) atoms. The summed E-state index contributed by atoms with van der Waals surface area (Å²) in [5.41, 5.74) is 1.29. The molecule has 1 aliphatic heterocycles. The van der Waals surface area contributed by atoms with Gasteiger partial charge >= 0.3 is 0 Å². The molecule has 1 N–H and O–H groups in total. The van der Waals surface area contributed by atoms with Gasteiger partial charge < -0.3 is 4.90 Å². The van der Waals surface area contributed by atoms with Gasteiger partial charge in [-0.2, -0.15) is 5.26 Å². The van der Waals surface area contributed by atoms with Gasteiger partial charge in [-0.25, -0.2) is 13.1 Å². The Morgan fingerprint density at radius 3 is 2.90 bits per heavy atom. The van der Waals surface area contributed by atoms with Crippen molar-refractivity contribution in [2.75, 3.05) is 24.2 Å². The number of anilines is 1. The Hall–Kier alpha value is -1.29. The molecule has 0 amide bonds. The standard InChI is InChI=1S/C13H16ClN3O2S/c1-16-20(18,19)9-12-3-2-6-17(12)11-5-4-10(8-15)13(14)7-11/h4-5,7,12,16H,2-3,6,9H2,1H3/t12-/m1/s1. The Bertz CT molecular complexity index is 640. The second-order valence-electron chi connectivity index (χ2n) is 4.75. The Kier molecular flexibility index (Phi) is 4.53. The van der Waals surface area contributed by atoms with Crippen LogP contribution in [0.1, 0.15) is 18.4 Å². The summed E-state index contributed by atoms with van der Waals surface area (Å²) in [5, 5.41) is 9.27. The Labute approximate surface area is 124 Å². The maximum atomic E-state index is 11.7. The second-order valence-corrected chi connectivity index (χ2v) is 7.13. The smallest absolute Gasteiger partial charge is 0.213 e. The van der Waals surface area contributed by atoms with Gasteiger partial charge in [0.15, 0.2) is 0 Å². The van der Waals surface area contributed by atoms with Gasteiger partial charge in [0.1, 0.15) is 6.07 Å². The van der Waals surface area contributed by atoms with Crippen molar-refractivity contribution in [1.29, 1.82) is 5.26 Å². The summed E-state index contributed by atoms with van der Waals surface area (Å²) < 4.78 is 25.7. The molecule has 0 radical (unpaired) electrons. The van der Waals surface area contributed by atoms with Crippen LogP contribution in [-0.2, 0) is 10.0 Å². The molecule has 1 aliphatic rings. The number of rotatable bonds is 4. The fourth-order valence-electron chi connectivity index (χ4n) is 2.46. The summed E-state index contributed by atoms with van der Waals surface area (Å²) in [7, 11) is -1.82. The first-order valence-electron chi connectivity index (χ1n) is 6.34. The summed E-state index contributed by atoms with van der Waals surface area (Å²) in [4.78, 5) is 2.04. The molecule has 0 bridgehead atoms. The molecule has 0 unspecified atom stereocenters. The normalized spacial score (nSPS) is 19.1. The third kappa shape index (κ3) is 3.23. The zero-order chi connectivity index (χ0) is 14.8. The van der Waals surface area contributed by atoms with Crippen molar-refractivity contribution in [1.82, 2.24) is 4.72 Å². The number of sulfonamides is 1. The van der Waals surface area contributed by atoms with Gasteiger partial charge in [0, 0.05) is 18.3 Å². The summed E-state index contributed by atoms with van der Waals surface area (Å²) in [5.74, 6) is 0.0706. The van der Waals surface area contributed by atoms with Gasteiger partial charge in [0.25, 0.3) is 0 Å². The third-order valence-electron chi connectivity index (χ3n) is 3.50. The predicted molar refractivity (Wildman–Crippen MR) is 79.4 cm³/mol. The maximum Gasteiger partial charge on any atom is 0.213 e. The molecule has 1 atom stereocenters. The molecule has 1 aromatic carbocycles. The number of halogens is 1. The van der Waals surface area contributed by atoms with Crippen molar-refractivity contribution in [3.63, 3.8) is 0 Å². The average molecular weight is 314 g/mol. The van der Waals surface area contributed by atoms with E-state index < -0.39 is 10.0 Å². The molecule has 2 rings (SSSR count). The topological polar surface area (TPSA) is 73.2 Å². The highest BCUT2D eigenvalue weighted by Gasteiger charge is 2.29. The van der Waals surface area contributed by atoms with Crippen molar-refractivity contribution in [3.8, 4) is 6.07 Å². The van der Waals surface area contributed by atoms with Crippen LogP contribution in [0.2, 0.25) is 5.02 Å². The van der Waals surface area contributed by atoms with Crippen LogP contribution in [0.3, 0.4) is 0 Å². The lowest BCUT2D eigenvalue weighted by Gasteiger charge is -2.26. The monoisotopic (exact) mass is 313 g/mol. The van der Waals surface area contributed by atoms with Crippen LogP contribution in [0.25, 0.3) is 0 Å². The number of nitriles is 1. The molecule has 7 heteroatoms. The Balaban J connectivity index is 2.23. The van der Waals surface area contributed by atoms with E-state index in [0.29, 0.717) is 10.6 Å². The van der Waals surface area contributed by atoms with Gasteiger partial charge in [0.05, 0.1) is 16.3 Å². The van der Waals surface area contributed by atoms with E-state index in [9.17, 15) is 8.42 Å². The fraction of sp³-hybridized carbons (Fsp3) is 0.462. The first-order valence-corrected chi connectivity index (χ1v) is 8.37. The number of hydrogen-bond acceptors (Lipinski definition) is 4. The van der Waals surface area contributed by atoms with Crippen molar-refractivity contribution in [2.45, 2.75) is 18.9 Å². The zero-order valence-corrected chi connectivity index (χ0v) is 12.7. The van der Waals surface area contributed by atoms with E-state index in [0.717, 1.165) is 25.1 Å². The van der Waals surface area contributed by atoms with Gasteiger partial charge in [-0.3, -0.25) is 0 Å². The highest BCUT2D eigenvalue weighted by atomic mass is 35.5. The first-order chi connectivity index (χ1) is 9.46. The lowest BCUT2D eigenvalue weighted by atomic mass is 10.2. The summed E-state index contributed by atoms with van der Waals surface area (Å²) >= 11 is 6.04. The van der Waals surface area contributed by atoms with Gasteiger partial charge in [-0.05, 0) is 38.1 Å². The molecule has 1 aromatic rings. The van der Waals surface area contributed by atoms with E-state index >= 15 is 0 Å². The van der Waals surface area contributed by atoms with Gasteiger partial charge in [-0.15, -0.1) is 0 Å². The Morgan fingerprint density at radius 1 is 1.55 bits per heavy atom. The summed E-state index contributed by atoms with van der Waals surface area (Å²) in [6, 6.07) is 7.16. The molecule has 5 nitrogen and oxygen atoms in total. The summed E-state index contributed by atoms with van der Waals surface area (Å²) in [6.07, 6.45) is 1.78. The molecular formula is C13H16ClN3O2S. The van der Waals surface area contributed by atoms with Crippen LogP contribution < -0.4 is 9.62 Å². The van der Waals surface area contributed by atoms with Gasteiger partial charge in [0.2, 0.25) is 10.0 Å². The highest BCUT2D eigenvalue weighted by Crippen LogP contribution is 2.29. The van der Waals surface area contributed by atoms with Crippen molar-refractivity contribution < 1.29 is 8.42 Å². The van der Waals surface area contributed by atoms with Crippen molar-refractivity contribution in [2.24, 2.45) is 0 Å². The van der Waals surface area contributed by atoms with E-state index in [1.807, 2.05) is 17.0 Å². The fourth-order valence-corrected chi connectivity index (χ4v) is 3.70. The molecule has 0 aliphatic carbocycles. The third-order valence-corrected chi connectivity index (χ3v) is 5.26. The highest BCUT2D eigenvalue weighted by molar-refractivity contribution is 7.89. The second kappa shape index (κ2) is 6.00. The molecular weight excluding hydrogens is 298 g/mol. The lowest BCUT2D eigenvalue weighted by Crippen LogP contribution is -2.38. The predicted octanol–water partition coefficient (Wildman–Crippen LogP) is 1.73. The zero-order valence-electron chi connectivity index (χ0n) is 11.1. The minimum atomic E-state index is -3.24. The number of hydrogen-bond donors (Lipinski definition) is 1. The van der Waals surface area contributed by atoms with Gasteiger partial charge in [-0.1, -0.05) is 11.6 Å². The molecule has 108 valence electrons. The molecule has 1 heterocycles. The van der Waals surface area contributed by atoms with Crippen LogP contribution >= 0.6 is 11.6 Å². The van der Waals surface area contributed by atoms with E-state index in [2.05, 4.69) is 4.72 Å². The van der Waals surface area contributed by atoms with E-state index in [1.165, 1.54) is 7.05 Å². The minimum absolute atomic E-state index is 0.0588. The molecule has 0 saturated carbocycles. The molecule has 0 aromatic heterocycles. The van der Waals surface area contributed by atoms with E-state index in [4.69, 9.17) is 16.9 Å². The summed E-state index contributed by atoms with van der Waals surface area (Å²) in [6.45, 7) is 0.798. The quantitative estimate of drug-likeness (QED) is 0.918. The van der Waals surface area contributed by atoms with Crippen LogP contribution in [0.4, 0.5) is 5.69 Å². The van der Waals surface area contributed by atoms with Crippen molar-refractivity contribution in [3.05, 3.63) is 28.8 Å². The number of nitrogens with zero attached hydrogens (tertiary/aromatic N) is 2. The molecule has 0 spiro atoms. The van der Waals surface area contributed by atoms with Crippen LogP contribution in [0.5, 0.6) is 0 Å². The average Bonchev–Trinajstić information content (AvgIpc) is 2.86. The molecule has 1 saturated heterocycles. The largest absolute Gasteiger partial charge is 0.367 e. The van der Waals surface area contributed by atoms with E-state index in [-0.39, 0.29) is 11.8 Å². The van der Waals surface area contributed by atoms with Crippen LogP contribution in [0, 0.1) is 11.3 Å². The lowest BCUT2D eigenvalue weighted by molar-refractivity contribution is 0.578. The number of benzene rings is 1. The minimum Gasteiger partial charge on any atom is -0.367 e. The SMILES string of the molecule is CNS(=O)(=O)C[C@H]1CCCN1c1ccc(C#N)c(Cl)c1. The van der Waals surface area contributed by atoms with Crippen molar-refractivity contribution >= 4 is 27.3 Å². The number of nitrogens with one attached hydrogen (secondary N) is 1. The maximum absolute atomic E-state index is 11.7. The van der Waals surface area contributed by atoms with Crippen LogP contribution in [0.15, 0.2) is 18.2 Å².